The van der Waals surface area contributed by atoms with Crippen LogP contribution < -0.4 is 0 Å². The van der Waals surface area contributed by atoms with Crippen molar-refractivity contribution >= 4 is 5.97 Å². The number of fused-ring (bicyclic) bond motifs is 4. The minimum Gasteiger partial charge on any atom is -0.462 e. The molecular weight excluding hydrogens is 140 g/mol. The van der Waals surface area contributed by atoms with Crippen LogP contribution in [0.1, 0.15) is 25.7 Å². The van der Waals surface area contributed by atoms with Gasteiger partial charge in [0.1, 0.15) is 6.10 Å². The molecule has 2 nitrogen and oxygen atoms in total. The molecule has 1 aliphatic carbocycles. The van der Waals surface area contributed by atoms with Gasteiger partial charge in [0, 0.05) is 6.42 Å². The zero-order chi connectivity index (χ0) is 7.84. The van der Waals surface area contributed by atoms with Gasteiger partial charge in [0.05, 0.1) is 5.92 Å². The molecule has 0 spiro atoms. The third-order valence-electron chi connectivity index (χ3n) is 2.50. The molecule has 1 saturated carbocycles. The van der Waals surface area contributed by atoms with Gasteiger partial charge in [-0.15, -0.1) is 0 Å². The SMILES string of the molecule is C=C1C[C@@H]2CC[C@H](C1)C(=O)O2. The Hall–Kier alpha value is -0.790. The molecule has 60 valence electrons. The number of hydrogen-bond acceptors (Lipinski definition) is 2. The molecule has 0 amide bonds. The highest BCUT2D eigenvalue weighted by molar-refractivity contribution is 5.74. The average molecular weight is 152 g/mol. The molecule has 11 heavy (non-hydrogen) atoms. The van der Waals surface area contributed by atoms with Gasteiger partial charge < -0.3 is 4.74 Å². The molecule has 2 heteroatoms. The van der Waals surface area contributed by atoms with Gasteiger partial charge in [-0.3, -0.25) is 4.79 Å². The molecule has 0 aromatic rings. The lowest BCUT2D eigenvalue weighted by Gasteiger charge is -2.22. The van der Waals surface area contributed by atoms with Gasteiger partial charge in [-0.1, -0.05) is 12.2 Å². The van der Waals surface area contributed by atoms with Crippen LogP contribution in [0.2, 0.25) is 0 Å². The first-order valence-corrected chi connectivity index (χ1v) is 4.13. The molecule has 0 unspecified atom stereocenters. The second kappa shape index (κ2) is 2.36. The van der Waals surface area contributed by atoms with Crippen LogP contribution in [0.15, 0.2) is 12.2 Å². The van der Waals surface area contributed by atoms with E-state index in [0.29, 0.717) is 0 Å². The summed E-state index contributed by atoms with van der Waals surface area (Å²) in [6, 6.07) is 0. The lowest BCUT2D eigenvalue weighted by molar-refractivity contribution is -0.158. The molecule has 2 bridgehead atoms. The Morgan fingerprint density at radius 1 is 1.36 bits per heavy atom. The molecule has 3 aliphatic rings. The van der Waals surface area contributed by atoms with Crippen LogP contribution in [0.3, 0.4) is 0 Å². The molecular formula is C9H12O2. The number of hydrogen-bond donors (Lipinski definition) is 0. The monoisotopic (exact) mass is 152 g/mol. The number of carbonyl (C=O) groups is 1. The van der Waals surface area contributed by atoms with E-state index in [9.17, 15) is 4.79 Å². The first kappa shape index (κ1) is 6.89. The van der Waals surface area contributed by atoms with E-state index in [-0.39, 0.29) is 18.0 Å². The quantitative estimate of drug-likeness (QED) is 0.390. The first-order chi connectivity index (χ1) is 5.25. The van der Waals surface area contributed by atoms with E-state index >= 15 is 0 Å². The van der Waals surface area contributed by atoms with Gasteiger partial charge >= 0.3 is 5.97 Å². The predicted octanol–water partition coefficient (Wildman–Crippen LogP) is 1.66. The van der Waals surface area contributed by atoms with Crippen molar-refractivity contribution in [3.63, 3.8) is 0 Å². The highest BCUT2D eigenvalue weighted by Crippen LogP contribution is 2.34. The summed E-state index contributed by atoms with van der Waals surface area (Å²) >= 11 is 0. The fraction of sp³-hybridized carbons (Fsp3) is 0.667. The van der Waals surface area contributed by atoms with E-state index in [2.05, 4.69) is 6.58 Å². The summed E-state index contributed by atoms with van der Waals surface area (Å²) in [6.45, 7) is 3.92. The van der Waals surface area contributed by atoms with Crippen LogP contribution in [0, 0.1) is 5.92 Å². The standard InChI is InChI=1S/C9H12O2/c1-6-4-7-2-3-8(5-6)11-9(7)10/h7-8H,1-5H2/t7-,8+/m1/s1. The van der Waals surface area contributed by atoms with Crippen molar-refractivity contribution < 1.29 is 9.53 Å². The van der Waals surface area contributed by atoms with Crippen molar-refractivity contribution in [1.82, 2.24) is 0 Å². The minimum atomic E-state index is -0.0000926. The smallest absolute Gasteiger partial charge is 0.309 e. The minimum absolute atomic E-state index is 0.0000926. The van der Waals surface area contributed by atoms with Gasteiger partial charge in [0.15, 0.2) is 0 Å². The molecule has 0 radical (unpaired) electrons. The average Bonchev–Trinajstić information content (AvgIpc) is 2.16. The molecule has 3 fully saturated rings. The van der Waals surface area contributed by atoms with Crippen molar-refractivity contribution in [2.75, 3.05) is 0 Å². The lowest BCUT2D eigenvalue weighted by atomic mass is 9.98. The number of rotatable bonds is 0. The van der Waals surface area contributed by atoms with E-state index in [1.165, 1.54) is 5.57 Å². The van der Waals surface area contributed by atoms with Crippen molar-refractivity contribution in [3.05, 3.63) is 12.2 Å². The van der Waals surface area contributed by atoms with Crippen molar-refractivity contribution in [3.8, 4) is 0 Å². The van der Waals surface area contributed by atoms with E-state index in [0.717, 1.165) is 25.7 Å². The maximum atomic E-state index is 11.2. The van der Waals surface area contributed by atoms with Gasteiger partial charge in [-0.05, 0) is 19.3 Å². The Morgan fingerprint density at radius 2 is 2.18 bits per heavy atom. The third-order valence-corrected chi connectivity index (χ3v) is 2.50. The fourth-order valence-electron chi connectivity index (χ4n) is 1.91. The zero-order valence-electron chi connectivity index (χ0n) is 6.51. The summed E-state index contributed by atoms with van der Waals surface area (Å²) in [7, 11) is 0. The number of ether oxygens (including phenoxy) is 1. The third kappa shape index (κ3) is 1.17. The van der Waals surface area contributed by atoms with Gasteiger partial charge in [0.25, 0.3) is 0 Å². The van der Waals surface area contributed by atoms with Gasteiger partial charge in [-0.25, -0.2) is 0 Å². The Bertz CT molecular complexity index is 206. The topological polar surface area (TPSA) is 26.3 Å². The maximum Gasteiger partial charge on any atom is 0.309 e. The normalized spacial score (nSPS) is 36.7. The largest absolute Gasteiger partial charge is 0.462 e. The fourth-order valence-corrected chi connectivity index (χ4v) is 1.91. The summed E-state index contributed by atoms with van der Waals surface area (Å²) in [5.74, 6) is 0.126. The summed E-state index contributed by atoms with van der Waals surface area (Å²) < 4.78 is 5.18. The summed E-state index contributed by atoms with van der Waals surface area (Å²) in [6.07, 6.45) is 3.93. The second-order valence-electron chi connectivity index (χ2n) is 3.49. The summed E-state index contributed by atoms with van der Waals surface area (Å²) in [5, 5.41) is 0. The van der Waals surface area contributed by atoms with E-state index in [1.807, 2.05) is 0 Å². The molecule has 0 aromatic heterocycles. The van der Waals surface area contributed by atoms with E-state index in [4.69, 9.17) is 4.74 Å². The van der Waals surface area contributed by atoms with Crippen molar-refractivity contribution in [2.45, 2.75) is 31.8 Å². The van der Waals surface area contributed by atoms with Crippen LogP contribution >= 0.6 is 0 Å². The van der Waals surface area contributed by atoms with Gasteiger partial charge in [0.2, 0.25) is 0 Å². The lowest BCUT2D eigenvalue weighted by Crippen LogP contribution is -2.27. The second-order valence-corrected chi connectivity index (χ2v) is 3.49. The van der Waals surface area contributed by atoms with Crippen molar-refractivity contribution in [1.29, 1.82) is 0 Å². The number of esters is 1. The molecule has 2 saturated heterocycles. The Balaban J connectivity index is 2.22. The first-order valence-electron chi connectivity index (χ1n) is 4.13. The van der Waals surface area contributed by atoms with Crippen LogP contribution in [-0.4, -0.2) is 12.1 Å². The molecule has 2 atom stereocenters. The molecule has 3 rings (SSSR count). The van der Waals surface area contributed by atoms with E-state index in [1.54, 1.807) is 0 Å². The summed E-state index contributed by atoms with van der Waals surface area (Å²) in [5.41, 5.74) is 1.18. The van der Waals surface area contributed by atoms with E-state index < -0.39 is 0 Å². The Morgan fingerprint density at radius 3 is 2.91 bits per heavy atom. The maximum absolute atomic E-state index is 11.2. The molecule has 0 N–H and O–H groups in total. The van der Waals surface area contributed by atoms with Crippen LogP contribution in [0.25, 0.3) is 0 Å². The Kier molecular flexibility index (Phi) is 1.48. The zero-order valence-corrected chi connectivity index (χ0v) is 6.51. The van der Waals surface area contributed by atoms with Crippen LogP contribution in [0.5, 0.6) is 0 Å². The molecule has 2 aliphatic heterocycles. The van der Waals surface area contributed by atoms with Crippen LogP contribution in [-0.2, 0) is 9.53 Å². The van der Waals surface area contributed by atoms with Gasteiger partial charge in [-0.2, -0.15) is 0 Å². The summed E-state index contributed by atoms with van der Waals surface area (Å²) in [4.78, 5) is 11.2. The number of carbonyl (C=O) groups excluding carboxylic acids is 1. The Labute approximate surface area is 66.2 Å². The van der Waals surface area contributed by atoms with Crippen LogP contribution in [0.4, 0.5) is 0 Å². The van der Waals surface area contributed by atoms with Crippen molar-refractivity contribution in [2.24, 2.45) is 5.92 Å². The molecule has 0 aromatic carbocycles. The highest BCUT2D eigenvalue weighted by atomic mass is 16.5. The highest BCUT2D eigenvalue weighted by Gasteiger charge is 2.34. The predicted molar refractivity (Wildman–Crippen MR) is 41.0 cm³/mol. The molecule has 2 heterocycles.